The van der Waals surface area contributed by atoms with Crippen LogP contribution in [0.15, 0.2) is 35.1 Å². The van der Waals surface area contributed by atoms with Crippen molar-refractivity contribution < 1.29 is 13.9 Å². The fourth-order valence-corrected chi connectivity index (χ4v) is 2.71. The van der Waals surface area contributed by atoms with E-state index in [0.717, 1.165) is 37.4 Å². The lowest BCUT2D eigenvalue weighted by Gasteiger charge is -2.34. The quantitative estimate of drug-likeness (QED) is 0.807. The maximum absolute atomic E-state index is 12.0. The molecule has 0 amide bonds. The van der Waals surface area contributed by atoms with Crippen LogP contribution in [0.5, 0.6) is 0 Å². The summed E-state index contributed by atoms with van der Waals surface area (Å²) >= 11 is 0. The zero-order valence-electron chi connectivity index (χ0n) is 13.5. The van der Waals surface area contributed by atoms with Crippen molar-refractivity contribution in [2.75, 3.05) is 44.7 Å². The first-order chi connectivity index (χ1) is 11.2. The Morgan fingerprint density at radius 3 is 2.83 bits per heavy atom. The highest BCUT2D eigenvalue weighted by atomic mass is 16.5. The molecule has 1 aromatic carbocycles. The van der Waals surface area contributed by atoms with Gasteiger partial charge in [-0.15, -0.1) is 0 Å². The summed E-state index contributed by atoms with van der Waals surface area (Å²) in [6.45, 7) is 6.14. The average Bonchev–Trinajstić information content (AvgIpc) is 3.06. The van der Waals surface area contributed by atoms with Crippen LogP contribution in [0, 0.1) is 0 Å². The Hall–Kier alpha value is -2.34. The molecule has 122 valence electrons. The highest BCUT2D eigenvalue weighted by Crippen LogP contribution is 2.27. The van der Waals surface area contributed by atoms with E-state index in [1.165, 1.54) is 6.39 Å². The van der Waals surface area contributed by atoms with Gasteiger partial charge in [0.1, 0.15) is 5.69 Å². The van der Waals surface area contributed by atoms with Crippen LogP contribution in [0.3, 0.4) is 0 Å². The molecular weight excluding hydrogens is 294 g/mol. The van der Waals surface area contributed by atoms with Crippen LogP contribution in [-0.4, -0.2) is 55.7 Å². The van der Waals surface area contributed by atoms with Crippen LogP contribution >= 0.6 is 0 Å². The summed E-state index contributed by atoms with van der Waals surface area (Å²) in [4.78, 5) is 20.8. The van der Waals surface area contributed by atoms with Gasteiger partial charge in [0.05, 0.1) is 6.61 Å². The van der Waals surface area contributed by atoms with Gasteiger partial charge in [0.2, 0.25) is 5.76 Å². The Kier molecular flexibility index (Phi) is 4.62. The van der Waals surface area contributed by atoms with Gasteiger partial charge in [-0.1, -0.05) is 12.1 Å². The van der Waals surface area contributed by atoms with Gasteiger partial charge < -0.3 is 19.0 Å². The highest BCUT2D eigenvalue weighted by Gasteiger charge is 2.21. The Labute approximate surface area is 135 Å². The molecule has 2 aromatic rings. The summed E-state index contributed by atoms with van der Waals surface area (Å²) in [5.41, 5.74) is 2.52. The molecule has 0 radical (unpaired) electrons. The minimum absolute atomic E-state index is 0.155. The first-order valence-corrected chi connectivity index (χ1v) is 7.83. The van der Waals surface area contributed by atoms with Crippen molar-refractivity contribution in [3.63, 3.8) is 0 Å². The molecule has 0 bridgehead atoms. The summed E-state index contributed by atoms with van der Waals surface area (Å²) < 4.78 is 10.2. The van der Waals surface area contributed by atoms with Crippen LogP contribution in [0.25, 0.3) is 11.3 Å². The molecule has 0 spiro atoms. The second-order valence-corrected chi connectivity index (χ2v) is 5.59. The Morgan fingerprint density at radius 2 is 2.09 bits per heavy atom. The molecule has 0 unspecified atom stereocenters. The maximum atomic E-state index is 12.0. The van der Waals surface area contributed by atoms with E-state index < -0.39 is 5.97 Å². The Morgan fingerprint density at radius 1 is 1.30 bits per heavy atom. The molecule has 2 heterocycles. The monoisotopic (exact) mass is 315 g/mol. The van der Waals surface area contributed by atoms with Gasteiger partial charge in [-0.3, -0.25) is 0 Å². The van der Waals surface area contributed by atoms with Gasteiger partial charge >= 0.3 is 5.97 Å². The van der Waals surface area contributed by atoms with Gasteiger partial charge in [-0.2, -0.15) is 0 Å². The second kappa shape index (κ2) is 6.83. The molecule has 1 fully saturated rings. The normalized spacial score (nSPS) is 15.7. The largest absolute Gasteiger partial charge is 0.460 e. The number of esters is 1. The third kappa shape index (κ3) is 3.37. The number of nitrogens with zero attached hydrogens (tertiary/aromatic N) is 3. The number of ether oxygens (including phenoxy) is 1. The van der Waals surface area contributed by atoms with Gasteiger partial charge in [-0.25, -0.2) is 9.78 Å². The number of oxazole rings is 1. The molecule has 3 rings (SSSR count). The number of carbonyl (C=O) groups is 1. The third-order valence-electron chi connectivity index (χ3n) is 4.02. The third-order valence-corrected chi connectivity index (χ3v) is 4.02. The van der Waals surface area contributed by atoms with Crippen LogP contribution in [0.1, 0.15) is 17.5 Å². The van der Waals surface area contributed by atoms with E-state index in [-0.39, 0.29) is 5.76 Å². The first kappa shape index (κ1) is 15.6. The predicted molar refractivity (Wildman–Crippen MR) is 87.6 cm³/mol. The molecular formula is C17H21N3O3. The highest BCUT2D eigenvalue weighted by molar-refractivity contribution is 5.93. The van der Waals surface area contributed by atoms with Crippen molar-refractivity contribution in [3.8, 4) is 11.3 Å². The summed E-state index contributed by atoms with van der Waals surface area (Å²) in [7, 11) is 2.13. The van der Waals surface area contributed by atoms with Crippen molar-refractivity contribution in [3.05, 3.63) is 36.4 Å². The summed E-state index contributed by atoms with van der Waals surface area (Å²) in [6, 6.07) is 8.04. The van der Waals surface area contributed by atoms with E-state index >= 15 is 0 Å². The zero-order chi connectivity index (χ0) is 16.2. The van der Waals surface area contributed by atoms with Crippen molar-refractivity contribution in [2.45, 2.75) is 6.92 Å². The summed E-state index contributed by atoms with van der Waals surface area (Å²) in [6.07, 6.45) is 1.28. The van der Waals surface area contributed by atoms with Crippen LogP contribution in [0.4, 0.5) is 5.69 Å². The van der Waals surface area contributed by atoms with Gasteiger partial charge in [0.15, 0.2) is 6.39 Å². The molecule has 1 saturated heterocycles. The first-order valence-electron chi connectivity index (χ1n) is 7.83. The van der Waals surface area contributed by atoms with Crippen molar-refractivity contribution >= 4 is 11.7 Å². The minimum Gasteiger partial charge on any atom is -0.460 e. The maximum Gasteiger partial charge on any atom is 0.376 e. The number of piperazine rings is 1. The lowest BCUT2D eigenvalue weighted by atomic mass is 10.1. The standard InChI is InChI=1S/C17H21N3O3/c1-3-22-17(21)16-15(18-12-23-16)13-5-4-6-14(11-13)20-9-7-19(2)8-10-20/h4-6,11-12H,3,7-10H2,1-2H3. The van der Waals surface area contributed by atoms with Crippen LogP contribution in [0.2, 0.25) is 0 Å². The molecule has 6 heteroatoms. The van der Waals surface area contributed by atoms with E-state index in [2.05, 4.69) is 27.9 Å². The molecule has 1 aliphatic rings. The number of likely N-dealkylation sites (N-methyl/N-ethyl adjacent to an activating group) is 1. The van der Waals surface area contributed by atoms with Gasteiger partial charge in [-0.05, 0) is 26.1 Å². The average molecular weight is 315 g/mol. The number of anilines is 1. The van der Waals surface area contributed by atoms with Crippen molar-refractivity contribution in [1.82, 2.24) is 9.88 Å². The van der Waals surface area contributed by atoms with E-state index in [4.69, 9.17) is 9.15 Å². The molecule has 1 aliphatic heterocycles. The fraction of sp³-hybridized carbons (Fsp3) is 0.412. The van der Waals surface area contributed by atoms with Crippen LogP contribution in [-0.2, 0) is 4.74 Å². The smallest absolute Gasteiger partial charge is 0.376 e. The number of hydrogen-bond acceptors (Lipinski definition) is 6. The molecule has 0 saturated carbocycles. The summed E-state index contributed by atoms with van der Waals surface area (Å²) in [5.74, 6) is -0.327. The van der Waals surface area contributed by atoms with Crippen molar-refractivity contribution in [1.29, 1.82) is 0 Å². The number of aromatic nitrogens is 1. The van der Waals surface area contributed by atoms with Gasteiger partial charge in [0.25, 0.3) is 0 Å². The van der Waals surface area contributed by atoms with E-state index in [0.29, 0.717) is 12.3 Å². The number of rotatable bonds is 4. The topological polar surface area (TPSA) is 58.8 Å². The lowest BCUT2D eigenvalue weighted by Crippen LogP contribution is -2.44. The molecule has 0 N–H and O–H groups in total. The van der Waals surface area contributed by atoms with Crippen LogP contribution < -0.4 is 4.90 Å². The zero-order valence-corrected chi connectivity index (χ0v) is 13.5. The number of hydrogen-bond donors (Lipinski definition) is 0. The fourth-order valence-electron chi connectivity index (χ4n) is 2.71. The molecule has 23 heavy (non-hydrogen) atoms. The number of carbonyl (C=O) groups excluding carboxylic acids is 1. The molecule has 0 aliphatic carbocycles. The molecule has 1 aromatic heterocycles. The molecule has 6 nitrogen and oxygen atoms in total. The predicted octanol–water partition coefficient (Wildman–Crippen LogP) is 2.27. The SMILES string of the molecule is CCOC(=O)c1ocnc1-c1cccc(N2CCN(C)CC2)c1. The molecule has 0 atom stereocenters. The van der Waals surface area contributed by atoms with E-state index in [1.54, 1.807) is 6.92 Å². The summed E-state index contributed by atoms with van der Waals surface area (Å²) in [5, 5.41) is 0. The number of benzene rings is 1. The second-order valence-electron chi connectivity index (χ2n) is 5.59. The lowest BCUT2D eigenvalue weighted by molar-refractivity contribution is 0.0491. The van der Waals surface area contributed by atoms with Crippen molar-refractivity contribution in [2.24, 2.45) is 0 Å². The van der Waals surface area contributed by atoms with E-state index in [1.807, 2.05) is 18.2 Å². The minimum atomic E-state index is -0.481. The Bertz CT molecular complexity index is 675. The Balaban J connectivity index is 1.86. The van der Waals surface area contributed by atoms with E-state index in [9.17, 15) is 4.79 Å². The van der Waals surface area contributed by atoms with Gasteiger partial charge in [0, 0.05) is 37.4 Å².